The molecule has 1 N–H and O–H groups in total. The predicted molar refractivity (Wildman–Crippen MR) is 101 cm³/mol. The molecule has 0 aliphatic heterocycles. The molecular formula is C18H26ClN3O2. The van der Waals surface area contributed by atoms with Crippen molar-refractivity contribution in [1.29, 1.82) is 0 Å². The van der Waals surface area contributed by atoms with Gasteiger partial charge in [0.15, 0.2) is 0 Å². The number of carbonyl (C=O) groups is 1. The molecule has 2 aromatic rings. The number of ether oxygens (including phenoxy) is 1. The lowest BCUT2D eigenvalue weighted by molar-refractivity contribution is -0.116. The van der Waals surface area contributed by atoms with Crippen molar-refractivity contribution in [2.24, 2.45) is 0 Å². The van der Waals surface area contributed by atoms with Crippen LogP contribution in [0.1, 0.15) is 26.7 Å². The highest BCUT2D eigenvalue weighted by atomic mass is 35.5. The second-order valence-electron chi connectivity index (χ2n) is 5.43. The number of halogens is 1. The third-order valence-corrected chi connectivity index (χ3v) is 3.96. The molecule has 1 amide bonds. The van der Waals surface area contributed by atoms with Crippen molar-refractivity contribution in [3.63, 3.8) is 0 Å². The number of hydrogen-bond donors (Lipinski definition) is 1. The largest absolute Gasteiger partial charge is 0.497 e. The summed E-state index contributed by atoms with van der Waals surface area (Å²) < 4.78 is 5.30. The van der Waals surface area contributed by atoms with E-state index in [0.29, 0.717) is 17.9 Å². The number of carbonyl (C=O) groups excluding carboxylic acids is 1. The molecule has 0 aliphatic carbocycles. The second-order valence-corrected chi connectivity index (χ2v) is 5.43. The van der Waals surface area contributed by atoms with Crippen LogP contribution >= 0.6 is 12.4 Å². The number of benzene rings is 1. The molecule has 0 bridgehead atoms. The molecule has 0 aliphatic rings. The molecule has 1 aromatic carbocycles. The van der Waals surface area contributed by atoms with Crippen LogP contribution in [0.2, 0.25) is 0 Å². The number of fused-ring (bicyclic) bond motifs is 1. The van der Waals surface area contributed by atoms with E-state index in [2.05, 4.69) is 29.0 Å². The summed E-state index contributed by atoms with van der Waals surface area (Å²) >= 11 is 0. The minimum absolute atomic E-state index is 0. The highest BCUT2D eigenvalue weighted by Gasteiger charge is 2.10. The molecule has 1 aromatic heterocycles. The molecule has 0 saturated heterocycles. The SMILES string of the molecule is CCN(CC)CCCC(=O)Nc1cc(OC)cc2cccnc12.Cl. The van der Waals surface area contributed by atoms with Gasteiger partial charge >= 0.3 is 0 Å². The third-order valence-electron chi connectivity index (χ3n) is 3.96. The van der Waals surface area contributed by atoms with Crippen molar-refractivity contribution in [1.82, 2.24) is 9.88 Å². The van der Waals surface area contributed by atoms with Crippen molar-refractivity contribution in [2.45, 2.75) is 26.7 Å². The Bertz CT molecular complexity index is 660. The van der Waals surface area contributed by atoms with Gasteiger partial charge in [-0.05, 0) is 38.2 Å². The lowest BCUT2D eigenvalue weighted by atomic mass is 10.1. The van der Waals surface area contributed by atoms with Crippen LogP contribution in [0.15, 0.2) is 30.5 Å². The number of rotatable bonds is 8. The highest BCUT2D eigenvalue weighted by Crippen LogP contribution is 2.27. The lowest BCUT2D eigenvalue weighted by Gasteiger charge is -2.17. The summed E-state index contributed by atoms with van der Waals surface area (Å²) in [5.41, 5.74) is 1.48. The molecule has 6 heteroatoms. The molecule has 5 nitrogen and oxygen atoms in total. The van der Waals surface area contributed by atoms with Gasteiger partial charge in [-0.2, -0.15) is 0 Å². The van der Waals surface area contributed by atoms with E-state index in [1.807, 2.05) is 24.3 Å². The maximum atomic E-state index is 12.2. The van der Waals surface area contributed by atoms with Crippen molar-refractivity contribution in [2.75, 3.05) is 32.1 Å². The molecule has 0 fully saturated rings. The summed E-state index contributed by atoms with van der Waals surface area (Å²) in [6.07, 6.45) is 3.08. The van der Waals surface area contributed by atoms with Crippen molar-refractivity contribution < 1.29 is 9.53 Å². The smallest absolute Gasteiger partial charge is 0.224 e. The van der Waals surface area contributed by atoms with Crippen LogP contribution in [0, 0.1) is 0 Å². The van der Waals surface area contributed by atoms with Crippen LogP contribution in [0.3, 0.4) is 0 Å². The number of hydrogen-bond acceptors (Lipinski definition) is 4. The van der Waals surface area contributed by atoms with Gasteiger partial charge in [0.2, 0.25) is 5.91 Å². The molecule has 0 spiro atoms. The summed E-state index contributed by atoms with van der Waals surface area (Å²) in [5, 5.41) is 3.92. The molecule has 0 radical (unpaired) electrons. The Labute approximate surface area is 149 Å². The topological polar surface area (TPSA) is 54.5 Å². The summed E-state index contributed by atoms with van der Waals surface area (Å²) in [7, 11) is 1.62. The molecular weight excluding hydrogens is 326 g/mol. The van der Waals surface area contributed by atoms with E-state index < -0.39 is 0 Å². The zero-order valence-corrected chi connectivity index (χ0v) is 15.4. The van der Waals surface area contributed by atoms with Gasteiger partial charge in [0.05, 0.1) is 18.3 Å². The number of anilines is 1. The molecule has 0 saturated carbocycles. The maximum absolute atomic E-state index is 12.2. The fourth-order valence-electron chi connectivity index (χ4n) is 2.59. The van der Waals surface area contributed by atoms with Gasteiger partial charge < -0.3 is 15.0 Å². The van der Waals surface area contributed by atoms with Gasteiger partial charge in [0.25, 0.3) is 0 Å². The number of aromatic nitrogens is 1. The summed E-state index contributed by atoms with van der Waals surface area (Å²) in [4.78, 5) is 18.9. The van der Waals surface area contributed by atoms with E-state index >= 15 is 0 Å². The first kappa shape index (κ1) is 20.2. The van der Waals surface area contributed by atoms with Gasteiger partial charge in [-0.3, -0.25) is 9.78 Å². The van der Waals surface area contributed by atoms with Gasteiger partial charge in [0, 0.05) is 24.1 Å². The Hall–Kier alpha value is -1.85. The van der Waals surface area contributed by atoms with Gasteiger partial charge in [-0.25, -0.2) is 0 Å². The molecule has 0 unspecified atom stereocenters. The predicted octanol–water partition coefficient (Wildman–Crippen LogP) is 3.73. The van der Waals surface area contributed by atoms with Crippen LogP contribution in [0.5, 0.6) is 5.75 Å². The van der Waals surface area contributed by atoms with Crippen LogP contribution in [-0.4, -0.2) is 42.5 Å². The van der Waals surface area contributed by atoms with Crippen molar-refractivity contribution in [3.8, 4) is 5.75 Å². The van der Waals surface area contributed by atoms with Gasteiger partial charge in [-0.15, -0.1) is 12.4 Å². The Kier molecular flexibility index (Phi) is 8.50. The van der Waals surface area contributed by atoms with E-state index in [1.165, 1.54) is 0 Å². The third kappa shape index (κ3) is 5.35. The van der Waals surface area contributed by atoms with E-state index in [0.717, 1.165) is 37.0 Å². The van der Waals surface area contributed by atoms with E-state index in [1.54, 1.807) is 13.3 Å². The Morgan fingerprint density at radius 2 is 2.04 bits per heavy atom. The zero-order valence-electron chi connectivity index (χ0n) is 14.5. The van der Waals surface area contributed by atoms with E-state index in [9.17, 15) is 4.79 Å². The fourth-order valence-corrected chi connectivity index (χ4v) is 2.59. The van der Waals surface area contributed by atoms with Crippen LogP contribution in [0.4, 0.5) is 5.69 Å². The minimum Gasteiger partial charge on any atom is -0.497 e. The fraction of sp³-hybridized carbons (Fsp3) is 0.444. The number of pyridine rings is 1. The lowest BCUT2D eigenvalue weighted by Crippen LogP contribution is -2.25. The van der Waals surface area contributed by atoms with Gasteiger partial charge in [0.1, 0.15) is 5.75 Å². The Morgan fingerprint density at radius 3 is 2.71 bits per heavy atom. The van der Waals surface area contributed by atoms with E-state index in [-0.39, 0.29) is 18.3 Å². The Morgan fingerprint density at radius 1 is 1.29 bits per heavy atom. The normalized spacial score (nSPS) is 10.5. The maximum Gasteiger partial charge on any atom is 0.224 e. The molecule has 24 heavy (non-hydrogen) atoms. The standard InChI is InChI=1S/C18H25N3O2.ClH/c1-4-21(5-2)11-7-9-17(22)20-16-13-15(23-3)12-14-8-6-10-19-18(14)16;/h6,8,10,12-13H,4-5,7,9,11H2,1-3H3,(H,20,22);1H. The summed E-state index contributed by atoms with van der Waals surface area (Å²) in [6, 6.07) is 7.56. The number of methoxy groups -OCH3 is 1. The summed E-state index contributed by atoms with van der Waals surface area (Å²) in [6.45, 7) is 7.25. The first-order valence-corrected chi connectivity index (χ1v) is 8.12. The number of nitrogens with one attached hydrogen (secondary N) is 1. The quantitative estimate of drug-likeness (QED) is 0.787. The average molecular weight is 352 g/mol. The van der Waals surface area contributed by atoms with Crippen molar-refractivity contribution >= 4 is 34.9 Å². The van der Waals surface area contributed by atoms with Crippen LogP contribution in [0.25, 0.3) is 10.9 Å². The van der Waals surface area contributed by atoms with Crippen molar-refractivity contribution in [3.05, 3.63) is 30.5 Å². The number of amides is 1. The molecule has 2 rings (SSSR count). The first-order valence-electron chi connectivity index (χ1n) is 8.12. The first-order chi connectivity index (χ1) is 11.2. The van der Waals surface area contributed by atoms with Crippen LogP contribution in [-0.2, 0) is 4.79 Å². The van der Waals surface area contributed by atoms with E-state index in [4.69, 9.17) is 4.74 Å². The average Bonchev–Trinajstić information content (AvgIpc) is 2.58. The number of nitrogens with zero attached hydrogens (tertiary/aromatic N) is 2. The Balaban J connectivity index is 0.00000288. The van der Waals surface area contributed by atoms with Gasteiger partial charge in [-0.1, -0.05) is 19.9 Å². The highest BCUT2D eigenvalue weighted by molar-refractivity contribution is 6.01. The monoisotopic (exact) mass is 351 g/mol. The molecule has 132 valence electrons. The summed E-state index contributed by atoms with van der Waals surface area (Å²) in [5.74, 6) is 0.723. The zero-order chi connectivity index (χ0) is 16.7. The van der Waals surface area contributed by atoms with Crippen LogP contribution < -0.4 is 10.1 Å². The molecule has 1 heterocycles. The second kappa shape index (κ2) is 10.1. The minimum atomic E-state index is 0. The molecule has 0 atom stereocenters.